The first kappa shape index (κ1) is 16.3. The molecule has 0 aliphatic carbocycles. The lowest BCUT2D eigenvalue weighted by atomic mass is 10.0. The number of anilines is 1. The predicted molar refractivity (Wildman–Crippen MR) is 101 cm³/mol. The average molecular weight is 351 g/mol. The third-order valence-electron chi connectivity index (χ3n) is 4.33. The van der Waals surface area contributed by atoms with Gasteiger partial charge in [0.2, 0.25) is 0 Å². The molecular formula is C20H21N3O3. The Morgan fingerprint density at radius 2 is 2.15 bits per heavy atom. The van der Waals surface area contributed by atoms with Gasteiger partial charge >= 0.3 is 0 Å². The van der Waals surface area contributed by atoms with Gasteiger partial charge in [0, 0.05) is 30.6 Å². The molecule has 1 aliphatic rings. The quantitative estimate of drug-likeness (QED) is 0.759. The van der Waals surface area contributed by atoms with E-state index in [4.69, 9.17) is 14.2 Å². The number of rotatable bonds is 5. The fourth-order valence-corrected chi connectivity index (χ4v) is 3.13. The van der Waals surface area contributed by atoms with Gasteiger partial charge in [-0.15, -0.1) is 0 Å². The minimum atomic E-state index is 0.569. The summed E-state index contributed by atoms with van der Waals surface area (Å²) in [4.78, 5) is 4.18. The molecule has 2 heterocycles. The minimum Gasteiger partial charge on any atom is -0.493 e. The van der Waals surface area contributed by atoms with E-state index in [-0.39, 0.29) is 0 Å². The lowest BCUT2D eigenvalue weighted by Gasteiger charge is -2.21. The number of ether oxygens (including phenoxy) is 3. The van der Waals surface area contributed by atoms with Crippen LogP contribution >= 0.6 is 0 Å². The lowest BCUT2D eigenvalue weighted by molar-refractivity contribution is 0.311. The summed E-state index contributed by atoms with van der Waals surface area (Å²) in [5, 5.41) is 3.39. The molecule has 0 atom stereocenters. The van der Waals surface area contributed by atoms with Crippen molar-refractivity contribution in [3.8, 4) is 34.1 Å². The van der Waals surface area contributed by atoms with E-state index < -0.39 is 0 Å². The van der Waals surface area contributed by atoms with Crippen molar-refractivity contribution < 1.29 is 14.2 Å². The summed E-state index contributed by atoms with van der Waals surface area (Å²) >= 11 is 0. The number of benzene rings is 2. The maximum Gasteiger partial charge on any atom is 0.162 e. The first-order valence-electron chi connectivity index (χ1n) is 8.64. The van der Waals surface area contributed by atoms with Crippen LogP contribution in [0, 0.1) is 0 Å². The number of methoxy groups -OCH3 is 1. The Balaban J connectivity index is 1.89. The average Bonchev–Trinajstić information content (AvgIpc) is 3.22. The highest BCUT2D eigenvalue weighted by Gasteiger charge is 2.17. The fourth-order valence-electron chi connectivity index (χ4n) is 3.13. The van der Waals surface area contributed by atoms with E-state index in [1.807, 2.05) is 35.9 Å². The van der Waals surface area contributed by atoms with Crippen molar-refractivity contribution in [1.82, 2.24) is 9.55 Å². The summed E-state index contributed by atoms with van der Waals surface area (Å²) in [6.07, 6.45) is 5.45. The van der Waals surface area contributed by atoms with Crippen LogP contribution in [0.5, 0.6) is 17.2 Å². The monoisotopic (exact) mass is 351 g/mol. The SMILES string of the molecule is CCOc1cc(-c2ccc3c(c2)NCCO3)c(-n2ccnc2)cc1OC. The molecule has 6 heteroatoms. The first-order chi connectivity index (χ1) is 12.8. The van der Waals surface area contributed by atoms with Gasteiger partial charge in [0.15, 0.2) is 11.5 Å². The largest absolute Gasteiger partial charge is 0.493 e. The lowest BCUT2D eigenvalue weighted by Crippen LogP contribution is -2.17. The van der Waals surface area contributed by atoms with Crippen LogP contribution in [0.1, 0.15) is 6.92 Å². The Kier molecular flexibility index (Phi) is 4.39. The van der Waals surface area contributed by atoms with Crippen LogP contribution in [0.4, 0.5) is 5.69 Å². The van der Waals surface area contributed by atoms with Crippen LogP contribution in [0.15, 0.2) is 49.1 Å². The molecule has 0 bridgehead atoms. The molecule has 6 nitrogen and oxygen atoms in total. The Labute approximate surface area is 152 Å². The first-order valence-corrected chi connectivity index (χ1v) is 8.64. The number of nitrogens with one attached hydrogen (secondary N) is 1. The summed E-state index contributed by atoms with van der Waals surface area (Å²) < 4.78 is 19.0. The molecule has 0 saturated heterocycles. The molecule has 0 fully saturated rings. The van der Waals surface area contributed by atoms with E-state index in [1.54, 1.807) is 19.6 Å². The smallest absolute Gasteiger partial charge is 0.162 e. The fraction of sp³-hybridized carbons (Fsp3) is 0.250. The molecule has 0 amide bonds. The molecule has 0 spiro atoms. The van der Waals surface area contributed by atoms with E-state index in [0.717, 1.165) is 40.5 Å². The number of aromatic nitrogens is 2. The predicted octanol–water partition coefficient (Wildman–Crippen LogP) is 3.75. The second-order valence-electron chi connectivity index (χ2n) is 5.91. The minimum absolute atomic E-state index is 0.569. The molecular weight excluding hydrogens is 330 g/mol. The normalized spacial score (nSPS) is 12.7. The van der Waals surface area contributed by atoms with E-state index in [9.17, 15) is 0 Å². The molecule has 26 heavy (non-hydrogen) atoms. The Morgan fingerprint density at radius 1 is 1.23 bits per heavy atom. The highest BCUT2D eigenvalue weighted by atomic mass is 16.5. The van der Waals surface area contributed by atoms with E-state index >= 15 is 0 Å². The van der Waals surface area contributed by atoms with Crippen LogP contribution in [0.3, 0.4) is 0 Å². The van der Waals surface area contributed by atoms with Crippen molar-refractivity contribution in [2.45, 2.75) is 6.92 Å². The van der Waals surface area contributed by atoms with Gasteiger partial charge in [-0.25, -0.2) is 4.98 Å². The molecule has 1 N–H and O–H groups in total. The third-order valence-corrected chi connectivity index (χ3v) is 4.33. The van der Waals surface area contributed by atoms with Gasteiger partial charge < -0.3 is 24.1 Å². The zero-order valence-corrected chi connectivity index (χ0v) is 14.9. The summed E-state index contributed by atoms with van der Waals surface area (Å²) in [6, 6.07) is 10.2. The molecule has 0 radical (unpaired) electrons. The molecule has 2 aromatic carbocycles. The van der Waals surface area contributed by atoms with Gasteiger partial charge in [0.1, 0.15) is 12.4 Å². The molecule has 1 aromatic heterocycles. The number of nitrogens with zero attached hydrogens (tertiary/aromatic N) is 2. The van der Waals surface area contributed by atoms with Crippen LogP contribution in [0.25, 0.3) is 16.8 Å². The van der Waals surface area contributed by atoms with E-state index in [0.29, 0.717) is 19.0 Å². The summed E-state index contributed by atoms with van der Waals surface area (Å²) in [7, 11) is 1.65. The number of fused-ring (bicyclic) bond motifs is 1. The zero-order chi connectivity index (χ0) is 17.9. The van der Waals surface area contributed by atoms with Gasteiger partial charge in [0.25, 0.3) is 0 Å². The molecule has 0 unspecified atom stereocenters. The van der Waals surface area contributed by atoms with Gasteiger partial charge in [-0.1, -0.05) is 6.07 Å². The molecule has 0 saturated carbocycles. The van der Waals surface area contributed by atoms with Gasteiger partial charge in [-0.3, -0.25) is 0 Å². The van der Waals surface area contributed by atoms with Crippen molar-refractivity contribution in [3.63, 3.8) is 0 Å². The van der Waals surface area contributed by atoms with Crippen LogP contribution in [-0.2, 0) is 0 Å². The van der Waals surface area contributed by atoms with Crippen molar-refractivity contribution in [2.75, 3.05) is 32.2 Å². The highest BCUT2D eigenvalue weighted by Crippen LogP contribution is 2.40. The van der Waals surface area contributed by atoms with Crippen LogP contribution in [0.2, 0.25) is 0 Å². The third kappa shape index (κ3) is 2.94. The standard InChI is InChI=1S/C20H21N3O3/c1-3-25-20-11-15(14-4-5-18-16(10-14)22-7-9-26-18)17(12-19(20)24-2)23-8-6-21-13-23/h4-6,8,10-13,22H,3,7,9H2,1-2H3. The second-order valence-corrected chi connectivity index (χ2v) is 5.91. The van der Waals surface area contributed by atoms with Gasteiger partial charge in [0.05, 0.1) is 31.4 Å². The number of hydrogen-bond donors (Lipinski definition) is 1. The Morgan fingerprint density at radius 3 is 2.92 bits per heavy atom. The zero-order valence-electron chi connectivity index (χ0n) is 14.9. The number of imidazole rings is 1. The highest BCUT2D eigenvalue weighted by molar-refractivity contribution is 5.80. The molecule has 3 aromatic rings. The second kappa shape index (κ2) is 7.00. The molecule has 134 valence electrons. The maximum atomic E-state index is 5.78. The summed E-state index contributed by atoms with van der Waals surface area (Å²) in [6.45, 7) is 4.02. The van der Waals surface area contributed by atoms with Crippen LogP contribution < -0.4 is 19.5 Å². The van der Waals surface area contributed by atoms with Gasteiger partial charge in [-0.05, 0) is 30.7 Å². The topological polar surface area (TPSA) is 57.5 Å². The van der Waals surface area contributed by atoms with Gasteiger partial charge in [-0.2, -0.15) is 0 Å². The Hall–Kier alpha value is -3.15. The van der Waals surface area contributed by atoms with Crippen molar-refractivity contribution in [2.24, 2.45) is 0 Å². The summed E-state index contributed by atoms with van der Waals surface area (Å²) in [5.74, 6) is 2.29. The van der Waals surface area contributed by atoms with Crippen molar-refractivity contribution >= 4 is 5.69 Å². The summed E-state index contributed by atoms with van der Waals surface area (Å²) in [5.41, 5.74) is 4.06. The van der Waals surface area contributed by atoms with Crippen LogP contribution in [-0.4, -0.2) is 36.4 Å². The Bertz CT molecular complexity index is 907. The van der Waals surface area contributed by atoms with Crippen molar-refractivity contribution in [1.29, 1.82) is 0 Å². The maximum absolute atomic E-state index is 5.78. The van der Waals surface area contributed by atoms with E-state index in [2.05, 4.69) is 22.4 Å². The number of hydrogen-bond acceptors (Lipinski definition) is 5. The molecule has 4 rings (SSSR count). The molecule has 1 aliphatic heterocycles. The van der Waals surface area contributed by atoms with E-state index in [1.165, 1.54) is 0 Å². The van der Waals surface area contributed by atoms with Crippen molar-refractivity contribution in [3.05, 3.63) is 49.1 Å².